The summed E-state index contributed by atoms with van der Waals surface area (Å²) in [5.74, 6) is 0. The Morgan fingerprint density at radius 1 is 1.67 bits per heavy atom. The van der Waals surface area contributed by atoms with Crippen molar-refractivity contribution in [2.24, 2.45) is 5.73 Å². The van der Waals surface area contributed by atoms with Gasteiger partial charge in [-0.1, -0.05) is 0 Å². The van der Waals surface area contributed by atoms with Gasteiger partial charge in [-0.05, 0) is 33.8 Å². The van der Waals surface area contributed by atoms with E-state index >= 15 is 0 Å². The van der Waals surface area contributed by atoms with Gasteiger partial charge in [0, 0.05) is 15.9 Å². The third kappa shape index (κ3) is 1.53. The number of halogens is 1. The van der Waals surface area contributed by atoms with Crippen molar-refractivity contribution in [1.82, 2.24) is 0 Å². The molecule has 9 heavy (non-hydrogen) atoms. The van der Waals surface area contributed by atoms with Crippen molar-refractivity contribution in [3.8, 4) is 0 Å². The number of hydrogen-bond acceptors (Lipinski definition) is 2. The minimum Gasteiger partial charge on any atom is -0.324 e. The Kier molecular flexibility index (Phi) is 2.27. The Morgan fingerprint density at radius 3 is 2.56 bits per heavy atom. The summed E-state index contributed by atoms with van der Waals surface area (Å²) in [6.07, 6.45) is 0. The van der Waals surface area contributed by atoms with E-state index in [1.165, 1.54) is 5.56 Å². The molecule has 1 aromatic rings. The topological polar surface area (TPSA) is 26.0 Å². The molecule has 0 saturated carbocycles. The molecule has 1 aromatic heterocycles. The maximum Gasteiger partial charge on any atom is 0.0329 e. The van der Waals surface area contributed by atoms with Crippen molar-refractivity contribution in [2.45, 2.75) is 13.0 Å². The summed E-state index contributed by atoms with van der Waals surface area (Å²) in [4.78, 5) is 0. The maximum atomic E-state index is 5.64. The Labute approximate surface area is 67.0 Å². The maximum absolute atomic E-state index is 5.64. The van der Waals surface area contributed by atoms with Crippen LogP contribution in [0.3, 0.4) is 0 Å². The number of hydrogen-bond donors (Lipinski definition) is 1. The molecule has 0 bridgehead atoms. The fourth-order valence-corrected chi connectivity index (χ4v) is 2.38. The molecular weight excluding hydrogens is 198 g/mol. The molecule has 3 heteroatoms. The predicted octanol–water partition coefficient (Wildman–Crippen LogP) is 2.53. The molecule has 0 aliphatic heterocycles. The third-order valence-electron chi connectivity index (χ3n) is 1.13. The lowest BCUT2D eigenvalue weighted by Crippen LogP contribution is -2.03. The van der Waals surface area contributed by atoms with Crippen LogP contribution in [0.15, 0.2) is 15.2 Å². The first-order valence-electron chi connectivity index (χ1n) is 2.69. The molecule has 0 saturated heterocycles. The van der Waals surface area contributed by atoms with Gasteiger partial charge in [0.25, 0.3) is 0 Å². The van der Waals surface area contributed by atoms with Crippen molar-refractivity contribution < 1.29 is 0 Å². The summed E-state index contributed by atoms with van der Waals surface area (Å²) in [5.41, 5.74) is 6.83. The van der Waals surface area contributed by atoms with Gasteiger partial charge in [0.05, 0.1) is 0 Å². The molecular formula is C6H8BrNS. The predicted molar refractivity (Wildman–Crippen MR) is 44.6 cm³/mol. The second-order valence-electron chi connectivity index (χ2n) is 1.96. The Balaban J connectivity index is 2.94. The lowest BCUT2D eigenvalue weighted by molar-refractivity contribution is 0.818. The van der Waals surface area contributed by atoms with Crippen LogP contribution < -0.4 is 5.73 Å². The first kappa shape index (κ1) is 7.25. The van der Waals surface area contributed by atoms with Gasteiger partial charge in [0.1, 0.15) is 0 Å². The molecule has 1 nitrogen and oxygen atoms in total. The fraction of sp³-hybridized carbons (Fsp3) is 0.333. The highest BCUT2D eigenvalue weighted by atomic mass is 79.9. The summed E-state index contributed by atoms with van der Waals surface area (Å²) < 4.78 is 1.13. The van der Waals surface area contributed by atoms with Crippen LogP contribution >= 0.6 is 27.3 Å². The molecule has 1 unspecified atom stereocenters. The molecule has 2 N–H and O–H groups in total. The van der Waals surface area contributed by atoms with E-state index in [0.717, 1.165) is 4.47 Å². The lowest BCUT2D eigenvalue weighted by atomic mass is 10.2. The van der Waals surface area contributed by atoms with E-state index in [9.17, 15) is 0 Å². The second-order valence-corrected chi connectivity index (χ2v) is 3.56. The van der Waals surface area contributed by atoms with E-state index in [1.54, 1.807) is 11.3 Å². The van der Waals surface area contributed by atoms with Gasteiger partial charge in [-0.3, -0.25) is 0 Å². The molecule has 0 fully saturated rings. The van der Waals surface area contributed by atoms with E-state index < -0.39 is 0 Å². The van der Waals surface area contributed by atoms with Gasteiger partial charge < -0.3 is 5.73 Å². The highest BCUT2D eigenvalue weighted by Gasteiger charge is 2.03. The van der Waals surface area contributed by atoms with Gasteiger partial charge in [0.15, 0.2) is 0 Å². The van der Waals surface area contributed by atoms with Crippen LogP contribution in [0, 0.1) is 0 Å². The van der Waals surface area contributed by atoms with Gasteiger partial charge in [-0.25, -0.2) is 0 Å². The van der Waals surface area contributed by atoms with E-state index in [4.69, 9.17) is 5.73 Å². The van der Waals surface area contributed by atoms with Gasteiger partial charge in [-0.15, -0.1) is 0 Å². The summed E-state index contributed by atoms with van der Waals surface area (Å²) in [6, 6.07) is 0.144. The van der Waals surface area contributed by atoms with Crippen LogP contribution in [0.4, 0.5) is 0 Å². The van der Waals surface area contributed by atoms with E-state index in [0.29, 0.717) is 0 Å². The van der Waals surface area contributed by atoms with Crippen molar-refractivity contribution in [1.29, 1.82) is 0 Å². The van der Waals surface area contributed by atoms with Crippen molar-refractivity contribution in [3.05, 3.63) is 20.8 Å². The number of nitrogens with two attached hydrogens (primary N) is 1. The van der Waals surface area contributed by atoms with Crippen LogP contribution in [0.2, 0.25) is 0 Å². The van der Waals surface area contributed by atoms with Crippen LogP contribution in [-0.4, -0.2) is 0 Å². The van der Waals surface area contributed by atoms with Crippen molar-refractivity contribution in [2.75, 3.05) is 0 Å². The summed E-state index contributed by atoms with van der Waals surface area (Å²) >= 11 is 5.06. The van der Waals surface area contributed by atoms with Crippen LogP contribution in [-0.2, 0) is 0 Å². The Hall–Kier alpha value is 0.140. The third-order valence-corrected chi connectivity index (χ3v) is 2.88. The summed E-state index contributed by atoms with van der Waals surface area (Å²) in [5, 5.41) is 4.10. The molecule has 0 aliphatic rings. The zero-order valence-electron chi connectivity index (χ0n) is 5.10. The molecule has 0 spiro atoms. The number of thiophene rings is 1. The molecule has 0 aliphatic carbocycles. The minimum absolute atomic E-state index is 0.144. The SMILES string of the molecule is CC(N)c1cscc1Br. The standard InChI is InChI=1S/C6H8BrNS/c1-4(8)5-2-9-3-6(5)7/h2-4H,8H2,1H3. The van der Waals surface area contributed by atoms with Crippen molar-refractivity contribution >= 4 is 27.3 Å². The van der Waals surface area contributed by atoms with E-state index in [1.807, 2.05) is 12.3 Å². The molecule has 50 valence electrons. The lowest BCUT2D eigenvalue weighted by Gasteiger charge is -2.00. The van der Waals surface area contributed by atoms with Crippen LogP contribution in [0.5, 0.6) is 0 Å². The zero-order valence-corrected chi connectivity index (χ0v) is 7.50. The fourth-order valence-electron chi connectivity index (χ4n) is 0.616. The highest BCUT2D eigenvalue weighted by Crippen LogP contribution is 2.25. The minimum atomic E-state index is 0.144. The van der Waals surface area contributed by atoms with Crippen molar-refractivity contribution in [3.63, 3.8) is 0 Å². The highest BCUT2D eigenvalue weighted by molar-refractivity contribution is 9.10. The average molecular weight is 206 g/mol. The van der Waals surface area contributed by atoms with E-state index in [-0.39, 0.29) is 6.04 Å². The molecule has 0 radical (unpaired) electrons. The van der Waals surface area contributed by atoms with Crippen LogP contribution in [0.25, 0.3) is 0 Å². The van der Waals surface area contributed by atoms with Gasteiger partial charge >= 0.3 is 0 Å². The molecule has 1 atom stereocenters. The van der Waals surface area contributed by atoms with Gasteiger partial charge in [-0.2, -0.15) is 11.3 Å². The largest absolute Gasteiger partial charge is 0.324 e. The summed E-state index contributed by atoms with van der Waals surface area (Å²) in [7, 11) is 0. The molecule has 0 amide bonds. The average Bonchev–Trinajstić information content (AvgIpc) is 2.13. The first-order valence-corrected chi connectivity index (χ1v) is 4.42. The monoisotopic (exact) mass is 205 g/mol. The van der Waals surface area contributed by atoms with E-state index in [2.05, 4.69) is 21.3 Å². The smallest absolute Gasteiger partial charge is 0.0329 e. The second kappa shape index (κ2) is 2.82. The summed E-state index contributed by atoms with van der Waals surface area (Å²) in [6.45, 7) is 1.98. The van der Waals surface area contributed by atoms with Gasteiger partial charge in [0.2, 0.25) is 0 Å². The quantitative estimate of drug-likeness (QED) is 0.750. The van der Waals surface area contributed by atoms with Crippen LogP contribution in [0.1, 0.15) is 18.5 Å². The Morgan fingerprint density at radius 2 is 2.33 bits per heavy atom. The molecule has 0 aromatic carbocycles. The Bertz CT molecular complexity index is 195. The zero-order chi connectivity index (χ0) is 6.85. The normalized spacial score (nSPS) is 13.7. The number of rotatable bonds is 1. The molecule has 1 heterocycles. The molecule has 1 rings (SSSR count). The first-order chi connectivity index (χ1) is 4.22.